The summed E-state index contributed by atoms with van der Waals surface area (Å²) in [5.74, 6) is -0.424. The van der Waals surface area contributed by atoms with Gasteiger partial charge in [-0.2, -0.15) is 13.2 Å². The van der Waals surface area contributed by atoms with E-state index in [1.807, 2.05) is 0 Å². The normalized spacial score (nSPS) is 23.2. The molecule has 2 saturated heterocycles. The van der Waals surface area contributed by atoms with Gasteiger partial charge < -0.3 is 4.90 Å². The van der Waals surface area contributed by atoms with Crippen LogP contribution in [-0.2, 0) is 22.6 Å². The molecule has 0 unspecified atom stereocenters. The molecule has 2 amide bonds. The van der Waals surface area contributed by atoms with Gasteiger partial charge in [-0.1, -0.05) is 29.8 Å². The number of hydrogen-bond acceptors (Lipinski definition) is 3. The molecule has 0 spiro atoms. The summed E-state index contributed by atoms with van der Waals surface area (Å²) in [4.78, 5) is 15.9. The highest BCUT2D eigenvalue weighted by molar-refractivity contribution is 7.91. The summed E-state index contributed by atoms with van der Waals surface area (Å²) in [6, 6.07) is 8.03. The van der Waals surface area contributed by atoms with E-state index in [1.165, 1.54) is 21.9 Å². The van der Waals surface area contributed by atoms with Gasteiger partial charge in [-0.05, 0) is 42.3 Å². The van der Waals surface area contributed by atoms with Crippen molar-refractivity contribution in [1.29, 1.82) is 0 Å². The van der Waals surface area contributed by atoms with E-state index in [0.29, 0.717) is 10.7 Å². The minimum Gasteiger partial charge on any atom is -0.314 e. The Labute approximate surface area is 177 Å². The molecule has 5 nitrogen and oxygen atoms in total. The molecule has 2 atom stereocenters. The molecule has 0 saturated carbocycles. The lowest BCUT2D eigenvalue weighted by Crippen LogP contribution is -2.37. The van der Waals surface area contributed by atoms with E-state index < -0.39 is 39.7 Å². The van der Waals surface area contributed by atoms with Crippen LogP contribution in [0.5, 0.6) is 0 Å². The van der Waals surface area contributed by atoms with Gasteiger partial charge in [0.2, 0.25) is 0 Å². The number of aryl methyl sites for hydroxylation is 1. The SMILES string of the molecule is Cc1ccc(N2C(=O)N(Cc3cccc(C(F)(F)F)c3)[C@H]3CS(=O)(=O)C[C@H]32)cc1Cl. The topological polar surface area (TPSA) is 57.7 Å². The molecule has 0 N–H and O–H groups in total. The van der Waals surface area contributed by atoms with Crippen molar-refractivity contribution < 1.29 is 26.4 Å². The molecule has 0 radical (unpaired) electrons. The zero-order valence-corrected chi connectivity index (χ0v) is 17.4. The maximum absolute atomic E-state index is 13.2. The van der Waals surface area contributed by atoms with Crippen molar-refractivity contribution in [2.24, 2.45) is 0 Å². The molecular weight excluding hydrogens is 441 g/mol. The summed E-state index contributed by atoms with van der Waals surface area (Å²) in [7, 11) is -3.39. The number of fused-ring (bicyclic) bond motifs is 1. The predicted molar refractivity (Wildman–Crippen MR) is 107 cm³/mol. The van der Waals surface area contributed by atoms with E-state index in [4.69, 9.17) is 11.6 Å². The molecule has 30 heavy (non-hydrogen) atoms. The van der Waals surface area contributed by atoms with Gasteiger partial charge in [-0.3, -0.25) is 4.90 Å². The van der Waals surface area contributed by atoms with Crippen molar-refractivity contribution in [2.75, 3.05) is 16.4 Å². The monoisotopic (exact) mass is 458 g/mol. The molecule has 2 aromatic carbocycles. The minimum atomic E-state index is -4.51. The molecule has 2 heterocycles. The zero-order valence-electron chi connectivity index (χ0n) is 15.9. The fraction of sp³-hybridized carbons (Fsp3) is 0.350. The van der Waals surface area contributed by atoms with Crippen molar-refractivity contribution in [1.82, 2.24) is 4.90 Å². The third-order valence-corrected chi connectivity index (χ3v) is 7.62. The molecule has 10 heteroatoms. The van der Waals surface area contributed by atoms with Crippen LogP contribution in [0.2, 0.25) is 5.02 Å². The number of sulfone groups is 1. The second kappa shape index (κ2) is 7.16. The first-order valence-corrected chi connectivity index (χ1v) is 11.4. The van der Waals surface area contributed by atoms with Gasteiger partial charge in [-0.25, -0.2) is 13.2 Å². The molecule has 2 aliphatic heterocycles. The molecule has 0 aliphatic carbocycles. The number of halogens is 4. The number of hydrogen-bond donors (Lipinski definition) is 0. The predicted octanol–water partition coefficient (Wildman–Crippen LogP) is 4.28. The van der Waals surface area contributed by atoms with Crippen LogP contribution in [0.4, 0.5) is 23.7 Å². The van der Waals surface area contributed by atoms with Crippen LogP contribution >= 0.6 is 11.6 Å². The number of urea groups is 1. The second-order valence-corrected chi connectivity index (χ2v) is 10.2. The lowest BCUT2D eigenvalue weighted by atomic mass is 10.1. The summed E-state index contributed by atoms with van der Waals surface area (Å²) < 4.78 is 63.7. The standard InChI is InChI=1S/C20H18ClF3N2O3S/c1-12-5-6-15(8-16(12)21)26-18-11-30(28,29)10-17(18)25(19(26)27)9-13-3-2-4-14(7-13)20(22,23)24/h2-8,17-18H,9-11H2,1H3/t17-,18+/m0/s1. The van der Waals surface area contributed by atoms with E-state index in [0.717, 1.165) is 17.7 Å². The number of amides is 2. The summed E-state index contributed by atoms with van der Waals surface area (Å²) in [6.45, 7) is 1.69. The number of anilines is 1. The lowest BCUT2D eigenvalue weighted by Gasteiger charge is -2.23. The fourth-order valence-electron chi connectivity index (χ4n) is 4.04. The molecule has 160 valence electrons. The molecule has 4 rings (SSSR count). The first-order valence-electron chi connectivity index (χ1n) is 9.19. The van der Waals surface area contributed by atoms with E-state index in [2.05, 4.69) is 0 Å². The third-order valence-electron chi connectivity index (χ3n) is 5.52. The van der Waals surface area contributed by atoms with E-state index >= 15 is 0 Å². The average molecular weight is 459 g/mol. The Balaban J connectivity index is 1.70. The number of alkyl halides is 3. The number of carbonyl (C=O) groups is 1. The van der Waals surface area contributed by atoms with Crippen molar-refractivity contribution in [3.63, 3.8) is 0 Å². The van der Waals surface area contributed by atoms with Crippen LogP contribution in [0.1, 0.15) is 16.7 Å². The first kappa shape index (κ1) is 21.0. The minimum absolute atomic E-state index is 0.116. The highest BCUT2D eigenvalue weighted by Gasteiger charge is 2.53. The number of carbonyl (C=O) groups excluding carboxylic acids is 1. The highest BCUT2D eigenvalue weighted by atomic mass is 35.5. The Morgan fingerprint density at radius 2 is 1.80 bits per heavy atom. The van der Waals surface area contributed by atoms with Crippen LogP contribution in [-0.4, -0.2) is 42.9 Å². The van der Waals surface area contributed by atoms with Crippen molar-refractivity contribution in [3.8, 4) is 0 Å². The molecule has 0 bridgehead atoms. The maximum Gasteiger partial charge on any atom is 0.416 e. The second-order valence-electron chi connectivity index (χ2n) is 7.62. The summed E-state index contributed by atoms with van der Waals surface area (Å²) in [6.07, 6.45) is -4.51. The molecular formula is C20H18ClF3N2O3S. The summed E-state index contributed by atoms with van der Waals surface area (Å²) in [5, 5.41) is 0.439. The van der Waals surface area contributed by atoms with Gasteiger partial charge in [-0.15, -0.1) is 0 Å². The molecule has 2 fully saturated rings. The van der Waals surface area contributed by atoms with Crippen LogP contribution in [0.15, 0.2) is 42.5 Å². The van der Waals surface area contributed by atoms with Crippen LogP contribution in [0, 0.1) is 6.92 Å². The Hall–Kier alpha value is -2.26. The van der Waals surface area contributed by atoms with Gasteiger partial charge in [0.05, 0.1) is 29.2 Å². The first-order chi connectivity index (χ1) is 14.0. The number of benzene rings is 2. The van der Waals surface area contributed by atoms with Gasteiger partial charge >= 0.3 is 12.2 Å². The highest BCUT2D eigenvalue weighted by Crippen LogP contribution is 2.37. The molecule has 2 aliphatic rings. The third kappa shape index (κ3) is 3.76. The van der Waals surface area contributed by atoms with Gasteiger partial charge in [0.25, 0.3) is 0 Å². The lowest BCUT2D eigenvalue weighted by molar-refractivity contribution is -0.137. The Morgan fingerprint density at radius 3 is 2.47 bits per heavy atom. The molecule has 0 aromatic heterocycles. The number of rotatable bonds is 3. The van der Waals surface area contributed by atoms with Gasteiger partial charge in [0.1, 0.15) is 0 Å². The molecule has 2 aromatic rings. The quantitative estimate of drug-likeness (QED) is 0.645. The Morgan fingerprint density at radius 1 is 1.10 bits per heavy atom. The Bertz CT molecular complexity index is 1120. The summed E-state index contributed by atoms with van der Waals surface area (Å²) >= 11 is 6.19. The Kier molecular flexibility index (Phi) is 5.01. The van der Waals surface area contributed by atoms with Gasteiger partial charge in [0, 0.05) is 17.3 Å². The van der Waals surface area contributed by atoms with Crippen LogP contribution in [0.3, 0.4) is 0 Å². The maximum atomic E-state index is 13.2. The fourth-order valence-corrected chi connectivity index (χ4v) is 6.16. The summed E-state index contributed by atoms with van der Waals surface area (Å²) in [5.41, 5.74) is 0.743. The van der Waals surface area contributed by atoms with Crippen molar-refractivity contribution in [2.45, 2.75) is 31.7 Å². The largest absolute Gasteiger partial charge is 0.416 e. The van der Waals surface area contributed by atoms with Crippen molar-refractivity contribution in [3.05, 3.63) is 64.2 Å². The van der Waals surface area contributed by atoms with Gasteiger partial charge in [0.15, 0.2) is 9.84 Å². The smallest absolute Gasteiger partial charge is 0.314 e. The average Bonchev–Trinajstić information content (AvgIpc) is 3.08. The van der Waals surface area contributed by atoms with E-state index in [1.54, 1.807) is 25.1 Å². The van der Waals surface area contributed by atoms with E-state index in [-0.39, 0.29) is 23.6 Å². The van der Waals surface area contributed by atoms with Crippen LogP contribution in [0.25, 0.3) is 0 Å². The zero-order chi connectivity index (χ0) is 21.8. The number of nitrogens with zero attached hydrogens (tertiary/aromatic N) is 2. The van der Waals surface area contributed by atoms with Crippen molar-refractivity contribution >= 4 is 33.2 Å². The van der Waals surface area contributed by atoms with Crippen LogP contribution < -0.4 is 4.90 Å². The van der Waals surface area contributed by atoms with E-state index in [9.17, 15) is 26.4 Å².